The van der Waals surface area contributed by atoms with E-state index in [1.165, 1.54) is 18.2 Å². The van der Waals surface area contributed by atoms with Crippen LogP contribution in [0.25, 0.3) is 11.3 Å². The Labute approximate surface area is 167 Å². The third kappa shape index (κ3) is 4.41. The van der Waals surface area contributed by atoms with Crippen LogP contribution >= 0.6 is 0 Å². The normalized spacial score (nSPS) is 16.6. The molecule has 1 amide bonds. The van der Waals surface area contributed by atoms with E-state index in [1.807, 2.05) is 30.3 Å². The highest BCUT2D eigenvalue weighted by Gasteiger charge is 2.25. The van der Waals surface area contributed by atoms with Gasteiger partial charge in [0.2, 0.25) is 5.91 Å². The van der Waals surface area contributed by atoms with E-state index < -0.39 is 0 Å². The maximum absolute atomic E-state index is 13.1. The highest BCUT2D eigenvalue weighted by molar-refractivity contribution is 5.76. The number of rotatable bonds is 4. The monoisotopic (exact) mass is 393 g/mol. The van der Waals surface area contributed by atoms with E-state index in [-0.39, 0.29) is 29.9 Å². The number of amides is 1. The predicted molar refractivity (Wildman–Crippen MR) is 106 cm³/mol. The van der Waals surface area contributed by atoms with Gasteiger partial charge in [-0.15, -0.1) is 0 Å². The SMILES string of the molecule is O=C(Cn1nc(-c2ccc(F)cc2)ccc1=O)N1CCO[C@H](c2ccccc2)C1. The van der Waals surface area contributed by atoms with Gasteiger partial charge < -0.3 is 9.64 Å². The number of morpholine rings is 1. The molecule has 0 saturated carbocycles. The van der Waals surface area contributed by atoms with Crippen molar-refractivity contribution in [3.05, 3.63) is 88.5 Å². The molecule has 29 heavy (non-hydrogen) atoms. The van der Waals surface area contributed by atoms with Crippen molar-refractivity contribution in [3.8, 4) is 11.3 Å². The Bertz CT molecular complexity index is 1050. The lowest BCUT2D eigenvalue weighted by Gasteiger charge is -2.33. The van der Waals surface area contributed by atoms with Crippen LogP contribution in [0.2, 0.25) is 0 Å². The van der Waals surface area contributed by atoms with Crippen LogP contribution in [0.4, 0.5) is 4.39 Å². The van der Waals surface area contributed by atoms with Gasteiger partial charge in [-0.3, -0.25) is 9.59 Å². The lowest BCUT2D eigenvalue weighted by molar-refractivity contribution is -0.139. The average molecular weight is 393 g/mol. The molecule has 6 nitrogen and oxygen atoms in total. The van der Waals surface area contributed by atoms with Crippen molar-refractivity contribution in [1.29, 1.82) is 0 Å². The van der Waals surface area contributed by atoms with Gasteiger partial charge in [0.05, 0.1) is 18.8 Å². The van der Waals surface area contributed by atoms with Crippen LogP contribution in [0.3, 0.4) is 0 Å². The largest absolute Gasteiger partial charge is 0.370 e. The van der Waals surface area contributed by atoms with Gasteiger partial charge in [-0.05, 0) is 35.9 Å². The van der Waals surface area contributed by atoms with Crippen molar-refractivity contribution >= 4 is 5.91 Å². The zero-order valence-electron chi connectivity index (χ0n) is 15.7. The molecular weight excluding hydrogens is 373 g/mol. The van der Waals surface area contributed by atoms with E-state index in [0.717, 1.165) is 10.2 Å². The van der Waals surface area contributed by atoms with E-state index >= 15 is 0 Å². The quantitative estimate of drug-likeness (QED) is 0.684. The van der Waals surface area contributed by atoms with Crippen LogP contribution in [0.15, 0.2) is 71.5 Å². The highest BCUT2D eigenvalue weighted by Crippen LogP contribution is 2.22. The minimum Gasteiger partial charge on any atom is -0.370 e. The standard InChI is InChI=1S/C22H20FN3O3/c23-18-8-6-16(7-9-18)19-10-11-21(27)26(24-19)15-22(28)25-12-13-29-20(14-25)17-4-2-1-3-5-17/h1-11,20H,12-15H2/t20-/m0/s1. The van der Waals surface area contributed by atoms with Crippen molar-refractivity contribution in [2.45, 2.75) is 12.6 Å². The molecule has 1 aliphatic rings. The summed E-state index contributed by atoms with van der Waals surface area (Å²) in [5, 5.41) is 4.29. The number of hydrogen-bond acceptors (Lipinski definition) is 4. The number of carbonyl (C=O) groups excluding carboxylic acids is 1. The van der Waals surface area contributed by atoms with Crippen molar-refractivity contribution in [2.75, 3.05) is 19.7 Å². The highest BCUT2D eigenvalue weighted by atomic mass is 19.1. The molecule has 2 heterocycles. The Hall–Kier alpha value is -3.32. The summed E-state index contributed by atoms with van der Waals surface area (Å²) in [6.45, 7) is 1.17. The molecule has 1 fully saturated rings. The first kappa shape index (κ1) is 19.0. The second-order valence-corrected chi connectivity index (χ2v) is 6.83. The Kier molecular flexibility index (Phi) is 5.48. The summed E-state index contributed by atoms with van der Waals surface area (Å²) in [7, 11) is 0. The van der Waals surface area contributed by atoms with Gasteiger partial charge in [0.15, 0.2) is 0 Å². The molecule has 0 unspecified atom stereocenters. The first-order valence-corrected chi connectivity index (χ1v) is 9.38. The topological polar surface area (TPSA) is 64.4 Å². The molecule has 4 rings (SSSR count). The van der Waals surface area contributed by atoms with Crippen LogP contribution in [-0.4, -0.2) is 40.3 Å². The zero-order chi connectivity index (χ0) is 20.2. The molecule has 0 aliphatic carbocycles. The Morgan fingerprint density at radius 3 is 2.59 bits per heavy atom. The third-order valence-electron chi connectivity index (χ3n) is 4.88. The second kappa shape index (κ2) is 8.36. The van der Waals surface area contributed by atoms with Crippen LogP contribution < -0.4 is 5.56 Å². The smallest absolute Gasteiger partial charge is 0.267 e. The molecular formula is C22H20FN3O3. The van der Waals surface area contributed by atoms with E-state index in [2.05, 4.69) is 5.10 Å². The molecule has 0 N–H and O–H groups in total. The predicted octanol–water partition coefficient (Wildman–Crippen LogP) is 2.65. The molecule has 7 heteroatoms. The molecule has 0 spiro atoms. The molecule has 2 aromatic carbocycles. The second-order valence-electron chi connectivity index (χ2n) is 6.83. The number of halogens is 1. The van der Waals surface area contributed by atoms with Crippen LogP contribution in [0, 0.1) is 5.82 Å². The minimum absolute atomic E-state index is 0.157. The van der Waals surface area contributed by atoms with Gasteiger partial charge in [-0.1, -0.05) is 30.3 Å². The van der Waals surface area contributed by atoms with Gasteiger partial charge in [-0.2, -0.15) is 5.10 Å². The molecule has 3 aromatic rings. The van der Waals surface area contributed by atoms with Crippen molar-refractivity contribution in [1.82, 2.24) is 14.7 Å². The number of nitrogens with zero attached hydrogens (tertiary/aromatic N) is 3. The fraction of sp³-hybridized carbons (Fsp3) is 0.227. The van der Waals surface area contributed by atoms with Gasteiger partial charge >= 0.3 is 0 Å². The number of benzene rings is 2. The van der Waals surface area contributed by atoms with Crippen molar-refractivity contribution in [2.24, 2.45) is 0 Å². The minimum atomic E-state index is -0.364. The summed E-state index contributed by atoms with van der Waals surface area (Å²) in [6.07, 6.45) is -0.191. The number of aromatic nitrogens is 2. The Morgan fingerprint density at radius 2 is 1.83 bits per heavy atom. The Balaban J connectivity index is 1.50. The summed E-state index contributed by atoms with van der Waals surface area (Å²) in [4.78, 5) is 26.7. The van der Waals surface area contributed by atoms with Crippen LogP contribution in [-0.2, 0) is 16.1 Å². The van der Waals surface area contributed by atoms with Crippen LogP contribution in [0.1, 0.15) is 11.7 Å². The lowest BCUT2D eigenvalue weighted by atomic mass is 10.1. The molecule has 1 atom stereocenters. The number of hydrogen-bond donors (Lipinski definition) is 0. The van der Waals surface area contributed by atoms with Gasteiger partial charge in [0, 0.05) is 18.2 Å². The van der Waals surface area contributed by atoms with Crippen LogP contribution in [0.5, 0.6) is 0 Å². The van der Waals surface area contributed by atoms with E-state index in [9.17, 15) is 14.0 Å². The number of ether oxygens (including phenoxy) is 1. The number of carbonyl (C=O) groups is 1. The van der Waals surface area contributed by atoms with Crippen molar-refractivity contribution in [3.63, 3.8) is 0 Å². The molecule has 1 saturated heterocycles. The molecule has 1 aromatic heterocycles. The average Bonchev–Trinajstić information content (AvgIpc) is 2.76. The summed E-state index contributed by atoms with van der Waals surface area (Å²) in [6, 6.07) is 18.5. The maximum Gasteiger partial charge on any atom is 0.267 e. The fourth-order valence-electron chi connectivity index (χ4n) is 3.31. The summed E-state index contributed by atoms with van der Waals surface area (Å²) in [5.74, 6) is -0.544. The zero-order valence-corrected chi connectivity index (χ0v) is 15.7. The summed E-state index contributed by atoms with van der Waals surface area (Å²) < 4.78 is 20.1. The lowest BCUT2D eigenvalue weighted by Crippen LogP contribution is -2.44. The molecule has 0 bridgehead atoms. The maximum atomic E-state index is 13.1. The first-order valence-electron chi connectivity index (χ1n) is 9.38. The van der Waals surface area contributed by atoms with E-state index in [0.29, 0.717) is 31.0 Å². The van der Waals surface area contributed by atoms with Gasteiger partial charge in [0.1, 0.15) is 18.5 Å². The van der Waals surface area contributed by atoms with E-state index in [4.69, 9.17) is 4.74 Å². The van der Waals surface area contributed by atoms with Gasteiger partial charge in [0.25, 0.3) is 5.56 Å². The van der Waals surface area contributed by atoms with Gasteiger partial charge in [-0.25, -0.2) is 9.07 Å². The fourth-order valence-corrected chi connectivity index (χ4v) is 3.31. The summed E-state index contributed by atoms with van der Waals surface area (Å²) >= 11 is 0. The summed E-state index contributed by atoms with van der Waals surface area (Å²) in [5.41, 5.74) is 1.82. The van der Waals surface area contributed by atoms with E-state index in [1.54, 1.807) is 23.1 Å². The molecule has 148 valence electrons. The Morgan fingerprint density at radius 1 is 1.07 bits per heavy atom. The third-order valence-corrected chi connectivity index (χ3v) is 4.88. The molecule has 0 radical (unpaired) electrons. The first-order chi connectivity index (χ1) is 14.1. The van der Waals surface area contributed by atoms with Crippen molar-refractivity contribution < 1.29 is 13.9 Å². The molecule has 1 aliphatic heterocycles.